The number of esters is 1. The molecule has 0 saturated carbocycles. The molecule has 1 saturated heterocycles. The van der Waals surface area contributed by atoms with Gasteiger partial charge in [0.15, 0.2) is 16.4 Å². The second-order valence-corrected chi connectivity index (χ2v) is 7.93. The number of rotatable bonds is 4. The fraction of sp³-hybridized carbons (Fsp3) is 0.692. The third kappa shape index (κ3) is 4.27. The maximum absolute atomic E-state index is 11.9. The lowest BCUT2D eigenvalue weighted by molar-refractivity contribution is -0.146. The monoisotopic (exact) mass is 345 g/mol. The smallest absolute Gasteiger partial charge is 0.355 e. The van der Waals surface area contributed by atoms with Crippen LogP contribution in [0.2, 0.25) is 0 Å². The van der Waals surface area contributed by atoms with E-state index in [1.807, 2.05) is 0 Å². The van der Waals surface area contributed by atoms with E-state index in [0.717, 1.165) is 5.01 Å². The molecule has 0 aromatic heterocycles. The van der Waals surface area contributed by atoms with Crippen LogP contribution in [0.5, 0.6) is 0 Å². The topological polar surface area (TPSA) is 113 Å². The average Bonchev–Trinajstić information content (AvgIpc) is 2.84. The third-order valence-corrected chi connectivity index (χ3v) is 5.43. The van der Waals surface area contributed by atoms with Crippen molar-refractivity contribution in [1.29, 1.82) is 0 Å². The zero-order valence-corrected chi connectivity index (χ0v) is 13.8. The van der Waals surface area contributed by atoms with Gasteiger partial charge in [0.2, 0.25) is 5.91 Å². The van der Waals surface area contributed by atoms with E-state index in [2.05, 4.69) is 5.10 Å². The van der Waals surface area contributed by atoms with E-state index >= 15 is 0 Å². The van der Waals surface area contributed by atoms with Gasteiger partial charge in [-0.15, -0.1) is 0 Å². The van der Waals surface area contributed by atoms with Gasteiger partial charge in [-0.3, -0.25) is 9.59 Å². The molecule has 0 aromatic carbocycles. The summed E-state index contributed by atoms with van der Waals surface area (Å²) in [4.78, 5) is 36.6. The fourth-order valence-corrected chi connectivity index (χ4v) is 4.00. The lowest BCUT2D eigenvalue weighted by Gasteiger charge is -2.27. The molecule has 1 atom stereocenters. The summed E-state index contributed by atoms with van der Waals surface area (Å²) in [7, 11) is -0.0926. The summed E-state index contributed by atoms with van der Waals surface area (Å²) >= 11 is 0. The van der Waals surface area contributed by atoms with Gasteiger partial charge in [-0.05, 0) is 6.42 Å². The Morgan fingerprint density at radius 3 is 2.61 bits per heavy atom. The van der Waals surface area contributed by atoms with Crippen molar-refractivity contribution in [1.82, 2.24) is 9.91 Å². The van der Waals surface area contributed by atoms with Crippen molar-refractivity contribution in [3.05, 3.63) is 0 Å². The van der Waals surface area contributed by atoms with E-state index in [0.29, 0.717) is 6.42 Å². The van der Waals surface area contributed by atoms with Gasteiger partial charge >= 0.3 is 5.97 Å². The Hall–Kier alpha value is -1.97. The van der Waals surface area contributed by atoms with Crippen molar-refractivity contribution in [3.8, 4) is 0 Å². The van der Waals surface area contributed by atoms with Crippen LogP contribution < -0.4 is 0 Å². The molecule has 2 rings (SSSR count). The van der Waals surface area contributed by atoms with Gasteiger partial charge in [0, 0.05) is 26.9 Å². The van der Waals surface area contributed by atoms with Crippen molar-refractivity contribution in [2.45, 2.75) is 25.3 Å². The minimum Gasteiger partial charge on any atom is -0.451 e. The lowest BCUT2D eigenvalue weighted by Crippen LogP contribution is -2.42. The third-order valence-electron chi connectivity index (χ3n) is 3.68. The van der Waals surface area contributed by atoms with Crippen LogP contribution in [0.3, 0.4) is 0 Å². The minimum atomic E-state index is -3.17. The number of amides is 2. The second kappa shape index (κ2) is 6.65. The molecular formula is C13H19N3O6S. The minimum absolute atomic E-state index is 0.00802. The first kappa shape index (κ1) is 17.4. The zero-order chi connectivity index (χ0) is 17.2. The molecule has 0 radical (unpaired) electrons. The number of hydrogen-bond acceptors (Lipinski definition) is 7. The van der Waals surface area contributed by atoms with E-state index in [9.17, 15) is 22.8 Å². The Morgan fingerprint density at radius 1 is 1.35 bits per heavy atom. The summed E-state index contributed by atoms with van der Waals surface area (Å²) in [6.45, 7) is -0.406. The van der Waals surface area contributed by atoms with Crippen LogP contribution in [0, 0.1) is 0 Å². The summed E-state index contributed by atoms with van der Waals surface area (Å²) in [6, 6.07) is -0.543. The van der Waals surface area contributed by atoms with E-state index < -0.39 is 28.5 Å². The Balaban J connectivity index is 2.04. The number of carbonyl (C=O) groups excluding carboxylic acids is 3. The summed E-state index contributed by atoms with van der Waals surface area (Å²) in [6.07, 6.45) is 0.481. The maximum atomic E-state index is 11.9. The molecule has 9 nitrogen and oxygen atoms in total. The number of hydrogen-bond donors (Lipinski definition) is 0. The largest absolute Gasteiger partial charge is 0.451 e. The maximum Gasteiger partial charge on any atom is 0.355 e. The molecule has 0 unspecified atom stereocenters. The molecule has 10 heteroatoms. The summed E-state index contributed by atoms with van der Waals surface area (Å²) in [5, 5.41) is 5.05. The SMILES string of the molecule is CN(C)C(=O)COC(=O)C1=NN([C@H]2CCS(=O)(=O)C2)C(=O)CC1. The molecule has 2 heterocycles. The summed E-state index contributed by atoms with van der Waals surface area (Å²) in [5.41, 5.74) is 0.0282. The molecular weight excluding hydrogens is 326 g/mol. The highest BCUT2D eigenvalue weighted by Gasteiger charge is 2.37. The van der Waals surface area contributed by atoms with Crippen molar-refractivity contribution < 1.29 is 27.5 Å². The highest BCUT2D eigenvalue weighted by atomic mass is 32.2. The highest BCUT2D eigenvalue weighted by molar-refractivity contribution is 7.91. The number of sulfone groups is 1. The quantitative estimate of drug-likeness (QED) is 0.590. The average molecular weight is 345 g/mol. The molecule has 0 aliphatic carbocycles. The van der Waals surface area contributed by atoms with Crippen molar-refractivity contribution in [3.63, 3.8) is 0 Å². The zero-order valence-electron chi connectivity index (χ0n) is 13.0. The Kier molecular flexibility index (Phi) is 5.03. The van der Waals surface area contributed by atoms with Gasteiger partial charge in [-0.1, -0.05) is 0 Å². The number of carbonyl (C=O) groups is 3. The van der Waals surface area contributed by atoms with Crippen molar-refractivity contribution in [2.24, 2.45) is 5.10 Å². The van der Waals surface area contributed by atoms with E-state index in [1.165, 1.54) is 19.0 Å². The Labute approximate surface area is 134 Å². The van der Waals surface area contributed by atoms with E-state index in [-0.39, 0.29) is 41.9 Å². The molecule has 0 bridgehead atoms. The molecule has 2 amide bonds. The molecule has 2 aliphatic rings. The molecule has 128 valence electrons. The molecule has 2 aliphatic heterocycles. The Morgan fingerprint density at radius 2 is 2.04 bits per heavy atom. The summed E-state index contributed by atoms with van der Waals surface area (Å²) < 4.78 is 27.9. The van der Waals surface area contributed by atoms with E-state index in [1.54, 1.807) is 0 Å². The van der Waals surface area contributed by atoms with Crippen LogP contribution in [-0.4, -0.2) is 80.1 Å². The second-order valence-electron chi connectivity index (χ2n) is 5.71. The number of hydrazone groups is 1. The van der Waals surface area contributed by atoms with Gasteiger partial charge in [0.25, 0.3) is 5.91 Å². The van der Waals surface area contributed by atoms with Gasteiger partial charge in [0.05, 0.1) is 17.5 Å². The molecule has 1 fully saturated rings. The first-order chi connectivity index (χ1) is 10.7. The van der Waals surface area contributed by atoms with Crippen LogP contribution in [0.1, 0.15) is 19.3 Å². The van der Waals surface area contributed by atoms with Gasteiger partial charge in [-0.25, -0.2) is 18.2 Å². The normalized spacial score (nSPS) is 23.4. The van der Waals surface area contributed by atoms with Gasteiger partial charge in [0.1, 0.15) is 5.71 Å². The highest BCUT2D eigenvalue weighted by Crippen LogP contribution is 2.22. The molecule has 0 N–H and O–H groups in total. The molecule has 0 spiro atoms. The van der Waals surface area contributed by atoms with Crippen LogP contribution in [0.4, 0.5) is 0 Å². The van der Waals surface area contributed by atoms with Crippen molar-refractivity contribution in [2.75, 3.05) is 32.2 Å². The van der Waals surface area contributed by atoms with Crippen LogP contribution in [0.15, 0.2) is 5.10 Å². The van der Waals surface area contributed by atoms with Crippen LogP contribution in [-0.2, 0) is 29.0 Å². The number of nitrogens with zero attached hydrogens (tertiary/aromatic N) is 3. The standard InChI is InChI=1S/C13H19N3O6S/c1-15(2)12(18)7-22-13(19)10-3-4-11(17)16(14-10)9-5-6-23(20,21)8-9/h9H,3-8H2,1-2H3/t9-/m0/s1. The first-order valence-electron chi connectivity index (χ1n) is 7.17. The van der Waals surface area contributed by atoms with E-state index in [4.69, 9.17) is 4.74 Å². The molecule has 23 heavy (non-hydrogen) atoms. The lowest BCUT2D eigenvalue weighted by atomic mass is 10.1. The van der Waals surface area contributed by atoms with Crippen LogP contribution in [0.25, 0.3) is 0 Å². The first-order valence-corrected chi connectivity index (χ1v) is 8.99. The number of ether oxygens (including phenoxy) is 1. The summed E-state index contributed by atoms with van der Waals surface area (Å²) in [5.74, 6) is -1.59. The molecule has 0 aromatic rings. The van der Waals surface area contributed by atoms with Crippen LogP contribution >= 0.6 is 0 Å². The van der Waals surface area contributed by atoms with Crippen molar-refractivity contribution >= 4 is 33.3 Å². The predicted octanol–water partition coefficient (Wildman–Crippen LogP) is -1.22. The number of likely N-dealkylation sites (N-methyl/N-ethyl adjacent to an activating group) is 1. The Bertz CT molecular complexity index is 655. The fourth-order valence-electron chi connectivity index (χ4n) is 2.31. The van der Waals surface area contributed by atoms with Gasteiger partial charge in [-0.2, -0.15) is 5.10 Å². The predicted molar refractivity (Wildman–Crippen MR) is 80.2 cm³/mol. The van der Waals surface area contributed by atoms with Gasteiger partial charge < -0.3 is 9.64 Å².